The molecule has 1 aliphatic heterocycles. The summed E-state index contributed by atoms with van der Waals surface area (Å²) in [5.41, 5.74) is 2.19. The molecule has 120 valence electrons. The van der Waals surface area contributed by atoms with E-state index < -0.39 is 12.1 Å². The molecule has 0 N–H and O–H groups in total. The van der Waals surface area contributed by atoms with Gasteiger partial charge in [0.2, 0.25) is 0 Å². The number of methoxy groups -OCH3 is 1. The number of halogens is 3. The largest absolute Gasteiger partial charge is 0.497 e. The maximum Gasteiger partial charge on any atom is 0.471 e. The molecule has 1 amide bonds. The molecule has 1 saturated heterocycles. The van der Waals surface area contributed by atoms with Gasteiger partial charge in [-0.05, 0) is 48.9 Å². The van der Waals surface area contributed by atoms with Crippen LogP contribution in [0.4, 0.5) is 13.2 Å². The van der Waals surface area contributed by atoms with Gasteiger partial charge in [-0.3, -0.25) is 4.79 Å². The van der Waals surface area contributed by atoms with Crippen molar-refractivity contribution in [3.05, 3.63) is 29.3 Å². The Labute approximate surface area is 127 Å². The van der Waals surface area contributed by atoms with Gasteiger partial charge in [0.05, 0.1) is 7.11 Å². The van der Waals surface area contributed by atoms with E-state index in [2.05, 4.69) is 0 Å². The zero-order valence-electron chi connectivity index (χ0n) is 12.3. The lowest BCUT2D eigenvalue weighted by molar-refractivity contribution is -0.189. The normalized spacial score (nSPS) is 24.5. The van der Waals surface area contributed by atoms with E-state index in [0.717, 1.165) is 28.2 Å². The average Bonchev–Trinajstić information content (AvgIpc) is 2.51. The number of hydrogen-bond donors (Lipinski definition) is 0. The van der Waals surface area contributed by atoms with Gasteiger partial charge in [-0.2, -0.15) is 13.2 Å². The van der Waals surface area contributed by atoms with E-state index in [-0.39, 0.29) is 18.5 Å². The molecule has 0 saturated carbocycles. The summed E-state index contributed by atoms with van der Waals surface area (Å²) in [6, 6.07) is 5.39. The first kappa shape index (κ1) is 15.2. The second-order valence-electron chi connectivity index (χ2n) is 5.92. The Morgan fingerprint density at radius 3 is 2.77 bits per heavy atom. The lowest BCUT2D eigenvalue weighted by Gasteiger charge is -2.45. The Balaban J connectivity index is 1.90. The lowest BCUT2D eigenvalue weighted by atomic mass is 9.74. The van der Waals surface area contributed by atoms with Gasteiger partial charge in [-0.15, -0.1) is 0 Å². The molecule has 3 nitrogen and oxygen atoms in total. The Morgan fingerprint density at radius 1 is 1.32 bits per heavy atom. The van der Waals surface area contributed by atoms with Crippen LogP contribution in [0, 0.1) is 0 Å². The van der Waals surface area contributed by atoms with Crippen molar-refractivity contribution in [2.45, 2.75) is 43.8 Å². The molecule has 0 bridgehead atoms. The molecule has 22 heavy (non-hydrogen) atoms. The van der Waals surface area contributed by atoms with E-state index in [0.29, 0.717) is 19.3 Å². The number of benzene rings is 1. The van der Waals surface area contributed by atoms with Crippen molar-refractivity contribution in [1.82, 2.24) is 4.90 Å². The summed E-state index contributed by atoms with van der Waals surface area (Å²) >= 11 is 0. The van der Waals surface area contributed by atoms with Gasteiger partial charge >= 0.3 is 12.1 Å². The number of ether oxygens (including phenoxy) is 1. The number of piperidine rings is 1. The van der Waals surface area contributed by atoms with Crippen LogP contribution in [0.1, 0.15) is 36.3 Å². The van der Waals surface area contributed by atoms with E-state index in [4.69, 9.17) is 4.74 Å². The van der Waals surface area contributed by atoms with Crippen molar-refractivity contribution in [3.63, 3.8) is 0 Å². The van der Waals surface area contributed by atoms with Crippen LogP contribution >= 0.6 is 0 Å². The Bertz CT molecular complexity index is 585. The monoisotopic (exact) mass is 313 g/mol. The molecule has 1 unspecified atom stereocenters. The van der Waals surface area contributed by atoms with Gasteiger partial charge < -0.3 is 9.64 Å². The molecular weight excluding hydrogens is 295 g/mol. The van der Waals surface area contributed by atoms with Crippen LogP contribution in [0.5, 0.6) is 5.75 Å². The standard InChI is InChI=1S/C16H18F3NO2/c1-22-11-5-6-12-10(9-11)4-7-14-13(12)3-2-8-20(14)15(21)16(17,18)19/h5-6,9,13-14H,2-4,7-8H2,1H3/t13?,14-/m0/s1. The Hall–Kier alpha value is -1.72. The highest BCUT2D eigenvalue weighted by Crippen LogP contribution is 2.42. The quantitative estimate of drug-likeness (QED) is 0.796. The van der Waals surface area contributed by atoms with Gasteiger partial charge in [-0.25, -0.2) is 0 Å². The van der Waals surface area contributed by atoms with Crippen LogP contribution in [-0.4, -0.2) is 36.7 Å². The minimum absolute atomic E-state index is 0.00490. The molecule has 1 aliphatic carbocycles. The van der Waals surface area contributed by atoms with Crippen molar-refractivity contribution in [2.75, 3.05) is 13.7 Å². The third-order valence-corrected chi connectivity index (χ3v) is 4.74. The molecule has 1 heterocycles. The van der Waals surface area contributed by atoms with Crippen molar-refractivity contribution in [2.24, 2.45) is 0 Å². The van der Waals surface area contributed by atoms with Crippen LogP contribution in [0.15, 0.2) is 18.2 Å². The molecule has 6 heteroatoms. The molecule has 0 spiro atoms. The van der Waals surface area contributed by atoms with E-state index >= 15 is 0 Å². The van der Waals surface area contributed by atoms with E-state index in [1.54, 1.807) is 7.11 Å². The minimum atomic E-state index is -4.79. The maximum atomic E-state index is 12.8. The molecule has 1 aromatic rings. The number of rotatable bonds is 1. The number of carbonyl (C=O) groups excluding carboxylic acids is 1. The van der Waals surface area contributed by atoms with E-state index in [1.165, 1.54) is 0 Å². The fourth-order valence-corrected chi connectivity index (χ4v) is 3.78. The minimum Gasteiger partial charge on any atom is -0.497 e. The molecule has 3 rings (SSSR count). The summed E-state index contributed by atoms with van der Waals surface area (Å²) in [6.45, 7) is 0.199. The van der Waals surface area contributed by atoms with Gasteiger partial charge in [0.15, 0.2) is 0 Å². The van der Waals surface area contributed by atoms with E-state index in [1.807, 2.05) is 18.2 Å². The van der Waals surface area contributed by atoms with Crippen molar-refractivity contribution in [3.8, 4) is 5.75 Å². The summed E-state index contributed by atoms with van der Waals surface area (Å²) in [6.07, 6.45) is -2.11. The molecule has 0 radical (unpaired) electrons. The predicted molar refractivity (Wildman–Crippen MR) is 74.8 cm³/mol. The summed E-state index contributed by atoms with van der Waals surface area (Å²) < 4.78 is 43.5. The predicted octanol–water partition coefficient (Wildman–Crippen LogP) is 3.28. The Morgan fingerprint density at radius 2 is 2.09 bits per heavy atom. The SMILES string of the molecule is COc1ccc2c(c1)CC[C@H]1C2CCCN1C(=O)C(F)(F)F. The maximum absolute atomic E-state index is 12.8. The summed E-state index contributed by atoms with van der Waals surface area (Å²) in [5, 5.41) is 0. The molecular formula is C16H18F3NO2. The fourth-order valence-electron chi connectivity index (χ4n) is 3.78. The first-order valence-electron chi connectivity index (χ1n) is 7.46. The molecule has 1 fully saturated rings. The molecule has 1 aromatic carbocycles. The van der Waals surface area contributed by atoms with Crippen molar-refractivity contribution in [1.29, 1.82) is 0 Å². The smallest absolute Gasteiger partial charge is 0.471 e. The molecule has 2 aliphatic rings. The summed E-state index contributed by atoms with van der Waals surface area (Å²) in [7, 11) is 1.59. The number of aryl methyl sites for hydroxylation is 1. The van der Waals surface area contributed by atoms with Crippen LogP contribution in [0.3, 0.4) is 0 Å². The second-order valence-corrected chi connectivity index (χ2v) is 5.92. The summed E-state index contributed by atoms with van der Waals surface area (Å²) in [4.78, 5) is 12.7. The van der Waals surface area contributed by atoms with Crippen LogP contribution < -0.4 is 4.74 Å². The topological polar surface area (TPSA) is 29.5 Å². The first-order valence-corrected chi connectivity index (χ1v) is 7.46. The summed E-state index contributed by atoms with van der Waals surface area (Å²) in [5.74, 6) is -0.940. The van der Waals surface area contributed by atoms with Crippen LogP contribution in [0.2, 0.25) is 0 Å². The third kappa shape index (κ3) is 2.55. The Kier molecular flexibility index (Phi) is 3.78. The van der Waals surface area contributed by atoms with E-state index in [9.17, 15) is 18.0 Å². The number of alkyl halides is 3. The number of carbonyl (C=O) groups is 1. The second kappa shape index (κ2) is 5.48. The third-order valence-electron chi connectivity index (χ3n) is 4.74. The fraction of sp³-hybridized carbons (Fsp3) is 0.562. The average molecular weight is 313 g/mol. The van der Waals surface area contributed by atoms with Gasteiger partial charge in [0, 0.05) is 18.5 Å². The number of hydrogen-bond acceptors (Lipinski definition) is 2. The highest BCUT2D eigenvalue weighted by molar-refractivity contribution is 5.82. The zero-order chi connectivity index (χ0) is 15.9. The number of amides is 1. The van der Waals surface area contributed by atoms with Gasteiger partial charge in [0.1, 0.15) is 5.75 Å². The molecule has 2 atom stereocenters. The zero-order valence-corrected chi connectivity index (χ0v) is 12.3. The van der Waals surface area contributed by atoms with Crippen molar-refractivity contribution < 1.29 is 22.7 Å². The highest BCUT2D eigenvalue weighted by Gasteiger charge is 2.48. The number of likely N-dealkylation sites (tertiary alicyclic amines) is 1. The van der Waals surface area contributed by atoms with Crippen LogP contribution in [-0.2, 0) is 11.2 Å². The highest BCUT2D eigenvalue weighted by atomic mass is 19.4. The number of fused-ring (bicyclic) bond motifs is 3. The van der Waals surface area contributed by atoms with Crippen molar-refractivity contribution >= 4 is 5.91 Å². The lowest BCUT2D eigenvalue weighted by Crippen LogP contribution is -2.53. The first-order chi connectivity index (χ1) is 10.4. The molecule has 0 aromatic heterocycles. The van der Waals surface area contributed by atoms with Gasteiger partial charge in [-0.1, -0.05) is 6.07 Å². The number of nitrogens with zero attached hydrogens (tertiary/aromatic N) is 1. The van der Waals surface area contributed by atoms with Gasteiger partial charge in [0.25, 0.3) is 0 Å². The van der Waals surface area contributed by atoms with Crippen LogP contribution in [0.25, 0.3) is 0 Å².